The Bertz CT molecular complexity index is 712. The minimum atomic E-state index is -0.865. The lowest BCUT2D eigenvalue weighted by molar-refractivity contribution is -0.137. The van der Waals surface area contributed by atoms with E-state index in [-0.39, 0.29) is 6.54 Å². The van der Waals surface area contributed by atoms with Crippen molar-refractivity contribution in [2.24, 2.45) is 0 Å². The van der Waals surface area contributed by atoms with E-state index in [0.717, 1.165) is 40.8 Å². The van der Waals surface area contributed by atoms with Gasteiger partial charge in [-0.2, -0.15) is 0 Å². The summed E-state index contributed by atoms with van der Waals surface area (Å²) >= 11 is 0. The molecule has 5 nitrogen and oxygen atoms in total. The van der Waals surface area contributed by atoms with Crippen molar-refractivity contribution in [2.75, 3.05) is 6.61 Å². The van der Waals surface area contributed by atoms with Crippen LogP contribution < -0.4 is 0 Å². The number of carboxylic acids is 1. The number of fused-ring (bicyclic) bond motifs is 1. The molecule has 2 aromatic rings. The number of imidazole rings is 1. The molecule has 0 amide bonds. The van der Waals surface area contributed by atoms with E-state index in [1.54, 1.807) is 4.57 Å². The number of ether oxygens (including phenoxy) is 1. The predicted octanol–water partition coefficient (Wildman–Crippen LogP) is 2.76. The van der Waals surface area contributed by atoms with Crippen molar-refractivity contribution in [3.05, 3.63) is 29.1 Å². The van der Waals surface area contributed by atoms with Crippen LogP contribution in [0, 0.1) is 13.8 Å². The second-order valence-electron chi connectivity index (χ2n) is 6.02. The quantitative estimate of drug-likeness (QED) is 0.943. The van der Waals surface area contributed by atoms with E-state index in [1.807, 2.05) is 32.9 Å². The van der Waals surface area contributed by atoms with Crippen molar-refractivity contribution < 1.29 is 14.6 Å². The molecular weight excluding hydrogens is 268 g/mol. The average molecular weight is 288 g/mol. The summed E-state index contributed by atoms with van der Waals surface area (Å²) in [5.41, 5.74) is 3.51. The Morgan fingerprint density at radius 1 is 1.43 bits per heavy atom. The fourth-order valence-electron chi connectivity index (χ4n) is 3.03. The Morgan fingerprint density at radius 2 is 2.14 bits per heavy atom. The summed E-state index contributed by atoms with van der Waals surface area (Å²) in [7, 11) is 0. The van der Waals surface area contributed by atoms with Crippen LogP contribution in [0.4, 0.5) is 0 Å². The van der Waals surface area contributed by atoms with Gasteiger partial charge < -0.3 is 14.4 Å². The highest BCUT2D eigenvalue weighted by Gasteiger charge is 2.37. The maximum absolute atomic E-state index is 11.2. The molecule has 0 radical (unpaired) electrons. The molecule has 5 heteroatoms. The van der Waals surface area contributed by atoms with Crippen LogP contribution in [-0.2, 0) is 21.7 Å². The monoisotopic (exact) mass is 288 g/mol. The van der Waals surface area contributed by atoms with Gasteiger partial charge >= 0.3 is 5.97 Å². The number of carbonyl (C=O) groups is 1. The van der Waals surface area contributed by atoms with E-state index in [9.17, 15) is 9.90 Å². The van der Waals surface area contributed by atoms with Crippen molar-refractivity contribution in [2.45, 2.75) is 45.8 Å². The zero-order valence-corrected chi connectivity index (χ0v) is 12.6. The Morgan fingerprint density at radius 3 is 2.76 bits per heavy atom. The van der Waals surface area contributed by atoms with Gasteiger partial charge in [0.1, 0.15) is 18.0 Å². The van der Waals surface area contributed by atoms with Gasteiger partial charge in [0.05, 0.1) is 11.0 Å². The summed E-state index contributed by atoms with van der Waals surface area (Å²) in [6.45, 7) is 6.68. The molecule has 1 unspecified atom stereocenters. The molecule has 1 N–H and O–H groups in total. The fraction of sp³-hybridized carbons (Fsp3) is 0.500. The van der Waals surface area contributed by atoms with Gasteiger partial charge in [-0.1, -0.05) is 0 Å². The molecule has 2 heterocycles. The number of benzene rings is 1. The van der Waals surface area contributed by atoms with Gasteiger partial charge in [0.2, 0.25) is 0 Å². The Labute approximate surface area is 123 Å². The third-order valence-corrected chi connectivity index (χ3v) is 4.35. The van der Waals surface area contributed by atoms with Gasteiger partial charge in [0, 0.05) is 6.61 Å². The Kier molecular flexibility index (Phi) is 3.24. The van der Waals surface area contributed by atoms with Gasteiger partial charge in [-0.05, 0) is 56.9 Å². The van der Waals surface area contributed by atoms with E-state index in [0.29, 0.717) is 6.61 Å². The molecule has 21 heavy (non-hydrogen) atoms. The second kappa shape index (κ2) is 4.84. The Balaban J connectivity index is 2.24. The number of hydrogen-bond donors (Lipinski definition) is 1. The van der Waals surface area contributed by atoms with Crippen LogP contribution in [0.5, 0.6) is 0 Å². The van der Waals surface area contributed by atoms with Gasteiger partial charge in [-0.15, -0.1) is 0 Å². The van der Waals surface area contributed by atoms with E-state index >= 15 is 0 Å². The molecule has 0 spiro atoms. The molecule has 0 aliphatic carbocycles. The summed E-state index contributed by atoms with van der Waals surface area (Å²) in [6.07, 6.45) is 1.85. The third-order valence-electron chi connectivity index (χ3n) is 4.35. The zero-order valence-electron chi connectivity index (χ0n) is 12.6. The number of rotatable bonds is 3. The highest BCUT2D eigenvalue weighted by molar-refractivity contribution is 5.80. The summed E-state index contributed by atoms with van der Waals surface area (Å²) in [6, 6.07) is 4.03. The van der Waals surface area contributed by atoms with Gasteiger partial charge in [0.25, 0.3) is 0 Å². The minimum Gasteiger partial charge on any atom is -0.480 e. The van der Waals surface area contributed by atoms with Gasteiger partial charge in [-0.3, -0.25) is 4.79 Å². The molecule has 0 saturated carbocycles. The first kappa shape index (κ1) is 14.1. The summed E-state index contributed by atoms with van der Waals surface area (Å²) < 4.78 is 7.65. The summed E-state index contributed by atoms with van der Waals surface area (Å²) in [5, 5.41) is 9.23. The van der Waals surface area contributed by atoms with Crippen LogP contribution in [0.15, 0.2) is 12.1 Å². The standard InChI is InChI=1S/C16H20N2O3/c1-10-7-12-13(8-11(10)2)18(9-14(19)20)15(17-12)16(3)5-4-6-21-16/h7-8H,4-6,9H2,1-3H3,(H,19,20). The smallest absolute Gasteiger partial charge is 0.323 e. The molecule has 1 aliphatic heterocycles. The second-order valence-corrected chi connectivity index (χ2v) is 6.02. The molecule has 112 valence electrons. The van der Waals surface area contributed by atoms with Crippen LogP contribution in [0.2, 0.25) is 0 Å². The summed E-state index contributed by atoms with van der Waals surface area (Å²) in [4.78, 5) is 15.9. The number of nitrogens with zero attached hydrogens (tertiary/aromatic N) is 2. The topological polar surface area (TPSA) is 64.4 Å². The maximum atomic E-state index is 11.2. The van der Waals surface area contributed by atoms with Crippen molar-refractivity contribution in [1.82, 2.24) is 9.55 Å². The fourth-order valence-corrected chi connectivity index (χ4v) is 3.03. The van der Waals surface area contributed by atoms with Crippen LogP contribution in [0.3, 0.4) is 0 Å². The maximum Gasteiger partial charge on any atom is 0.323 e. The molecule has 1 fully saturated rings. The van der Waals surface area contributed by atoms with Crippen LogP contribution in [-0.4, -0.2) is 27.2 Å². The van der Waals surface area contributed by atoms with Crippen molar-refractivity contribution in [3.8, 4) is 0 Å². The summed E-state index contributed by atoms with van der Waals surface area (Å²) in [5.74, 6) is -0.141. The molecule has 1 aromatic heterocycles. The molecule has 1 aliphatic rings. The largest absolute Gasteiger partial charge is 0.480 e. The molecule has 1 aromatic carbocycles. The number of hydrogen-bond acceptors (Lipinski definition) is 3. The average Bonchev–Trinajstić information content (AvgIpc) is 2.97. The molecule has 1 atom stereocenters. The molecular formula is C16H20N2O3. The van der Waals surface area contributed by atoms with Crippen molar-refractivity contribution in [3.63, 3.8) is 0 Å². The van der Waals surface area contributed by atoms with Crippen LogP contribution >= 0.6 is 0 Å². The number of carboxylic acid groups (broad SMARTS) is 1. The number of aliphatic carboxylic acids is 1. The van der Waals surface area contributed by atoms with Crippen LogP contribution in [0.1, 0.15) is 36.7 Å². The number of aryl methyl sites for hydroxylation is 2. The predicted molar refractivity (Wildman–Crippen MR) is 79.4 cm³/mol. The van der Waals surface area contributed by atoms with E-state index in [4.69, 9.17) is 9.72 Å². The third kappa shape index (κ3) is 2.31. The van der Waals surface area contributed by atoms with Crippen molar-refractivity contribution >= 4 is 17.0 Å². The lowest BCUT2D eigenvalue weighted by Crippen LogP contribution is -2.27. The first-order valence-electron chi connectivity index (χ1n) is 7.24. The lowest BCUT2D eigenvalue weighted by Gasteiger charge is -2.23. The first-order valence-corrected chi connectivity index (χ1v) is 7.24. The molecule has 3 rings (SSSR count). The van der Waals surface area contributed by atoms with Gasteiger partial charge in [0.15, 0.2) is 0 Å². The zero-order chi connectivity index (χ0) is 15.2. The molecule has 0 bridgehead atoms. The van der Waals surface area contributed by atoms with Gasteiger partial charge in [-0.25, -0.2) is 4.98 Å². The lowest BCUT2D eigenvalue weighted by atomic mass is 10.0. The van der Waals surface area contributed by atoms with Crippen molar-refractivity contribution in [1.29, 1.82) is 0 Å². The first-order chi connectivity index (χ1) is 9.90. The number of aromatic nitrogens is 2. The highest BCUT2D eigenvalue weighted by atomic mass is 16.5. The highest BCUT2D eigenvalue weighted by Crippen LogP contribution is 2.37. The van der Waals surface area contributed by atoms with E-state index < -0.39 is 11.6 Å². The molecule has 1 saturated heterocycles. The van der Waals surface area contributed by atoms with E-state index in [1.165, 1.54) is 0 Å². The Hall–Kier alpha value is -1.88. The van der Waals surface area contributed by atoms with E-state index in [2.05, 4.69) is 0 Å². The normalized spacial score (nSPS) is 22.0. The minimum absolute atomic E-state index is 0.0900. The SMILES string of the molecule is Cc1cc2nc(C3(C)CCCO3)n(CC(=O)O)c2cc1C. The van der Waals surface area contributed by atoms with Crippen LogP contribution in [0.25, 0.3) is 11.0 Å².